The van der Waals surface area contributed by atoms with Crippen LogP contribution in [0.4, 0.5) is 5.69 Å². The van der Waals surface area contributed by atoms with E-state index in [1.54, 1.807) is 24.3 Å². The van der Waals surface area contributed by atoms with Crippen molar-refractivity contribution in [3.8, 4) is 0 Å². The van der Waals surface area contributed by atoms with Gasteiger partial charge in [0.1, 0.15) is 0 Å². The minimum absolute atomic E-state index is 0.0996. The molecule has 2 aliphatic rings. The molecule has 8 heteroatoms. The summed E-state index contributed by atoms with van der Waals surface area (Å²) in [6, 6.07) is 30.5. The van der Waals surface area contributed by atoms with Gasteiger partial charge in [-0.2, -0.15) is 0 Å². The van der Waals surface area contributed by atoms with Crippen molar-refractivity contribution in [3.05, 3.63) is 108 Å². The van der Waals surface area contributed by atoms with Gasteiger partial charge >= 0.3 is 0 Å². The van der Waals surface area contributed by atoms with Crippen molar-refractivity contribution < 1.29 is 8.42 Å². The first-order valence-corrected chi connectivity index (χ1v) is 14.3. The lowest BCUT2D eigenvalue weighted by atomic mass is 10.0. The number of para-hydroxylation sites is 1. The van der Waals surface area contributed by atoms with Gasteiger partial charge in [-0.1, -0.05) is 72.8 Å². The fourth-order valence-corrected chi connectivity index (χ4v) is 7.09. The SMILES string of the molecule is O=S(=O)(N[C@@H]1c2cccc3cccc(c23)[C@H]1N1CCN(C(=S)Nc2ccccc2)CC1)c1ccccc1. The van der Waals surface area contributed by atoms with E-state index in [1.807, 2.05) is 42.5 Å². The minimum Gasteiger partial charge on any atom is -0.346 e. The van der Waals surface area contributed by atoms with E-state index in [-0.39, 0.29) is 17.0 Å². The van der Waals surface area contributed by atoms with Crippen molar-refractivity contribution in [2.75, 3.05) is 31.5 Å². The van der Waals surface area contributed by atoms with Crippen LogP contribution in [0.1, 0.15) is 23.2 Å². The number of hydrogen-bond donors (Lipinski definition) is 2. The largest absolute Gasteiger partial charge is 0.346 e. The molecule has 6 rings (SSSR count). The molecule has 0 spiro atoms. The molecule has 0 aromatic heterocycles. The van der Waals surface area contributed by atoms with Crippen molar-refractivity contribution in [2.24, 2.45) is 0 Å². The van der Waals surface area contributed by atoms with Gasteiger partial charge in [0.15, 0.2) is 5.11 Å². The topological polar surface area (TPSA) is 64.7 Å². The summed E-state index contributed by atoms with van der Waals surface area (Å²) < 4.78 is 29.9. The molecule has 0 radical (unpaired) electrons. The molecule has 1 saturated heterocycles. The maximum Gasteiger partial charge on any atom is 0.241 e. The maximum atomic E-state index is 13.4. The molecule has 37 heavy (non-hydrogen) atoms. The Balaban J connectivity index is 1.27. The first-order valence-electron chi connectivity index (χ1n) is 12.5. The van der Waals surface area contributed by atoms with E-state index in [0.717, 1.165) is 48.2 Å². The standard InChI is InChI=1S/C29H28N4O2S2/c34-37(35,23-13-5-2-6-14-23)31-27-24-15-7-9-21-10-8-16-25(26(21)24)28(27)32-17-19-33(20-18-32)29(36)30-22-11-3-1-4-12-22/h1-16,27-28,31H,17-20H2,(H,30,36)/t27-,28-/m1/s1. The highest BCUT2D eigenvalue weighted by atomic mass is 32.2. The van der Waals surface area contributed by atoms with Crippen LogP contribution in [0.25, 0.3) is 10.8 Å². The Bertz CT molecular complexity index is 1530. The Hall–Kier alpha value is -3.30. The van der Waals surface area contributed by atoms with Gasteiger partial charge in [-0.3, -0.25) is 4.90 Å². The van der Waals surface area contributed by atoms with Crippen molar-refractivity contribution in [1.29, 1.82) is 0 Å². The lowest BCUT2D eigenvalue weighted by Crippen LogP contribution is -2.52. The third-order valence-corrected chi connectivity index (χ3v) is 9.11. The van der Waals surface area contributed by atoms with Crippen LogP contribution in [-0.4, -0.2) is 49.5 Å². The average molecular weight is 529 g/mol. The summed E-state index contributed by atoms with van der Waals surface area (Å²) in [6.45, 7) is 3.07. The Kier molecular flexibility index (Phi) is 6.42. The molecule has 1 heterocycles. The van der Waals surface area contributed by atoms with Crippen LogP contribution in [0, 0.1) is 0 Å². The first kappa shape index (κ1) is 24.1. The lowest BCUT2D eigenvalue weighted by molar-refractivity contribution is 0.117. The Morgan fingerprint density at radius 2 is 1.38 bits per heavy atom. The molecule has 2 atom stereocenters. The quantitative estimate of drug-likeness (QED) is 0.358. The second kappa shape index (κ2) is 9.87. The number of sulfonamides is 1. The summed E-state index contributed by atoms with van der Waals surface area (Å²) in [5.41, 5.74) is 3.18. The van der Waals surface area contributed by atoms with Crippen molar-refractivity contribution in [1.82, 2.24) is 14.5 Å². The number of anilines is 1. The van der Waals surface area contributed by atoms with Crippen LogP contribution in [0.2, 0.25) is 0 Å². The van der Waals surface area contributed by atoms with Gasteiger partial charge in [0, 0.05) is 31.9 Å². The van der Waals surface area contributed by atoms with Gasteiger partial charge in [0.05, 0.1) is 17.0 Å². The first-order chi connectivity index (χ1) is 18.0. The number of nitrogens with zero attached hydrogens (tertiary/aromatic N) is 2. The second-order valence-corrected chi connectivity index (χ2v) is 11.6. The number of hydrogen-bond acceptors (Lipinski definition) is 4. The fraction of sp³-hybridized carbons (Fsp3) is 0.207. The summed E-state index contributed by atoms with van der Waals surface area (Å²) >= 11 is 5.69. The predicted octanol–water partition coefficient (Wildman–Crippen LogP) is 4.93. The number of benzene rings is 4. The number of thiocarbonyl (C=S) groups is 1. The van der Waals surface area contributed by atoms with Crippen molar-refractivity contribution >= 4 is 43.8 Å². The van der Waals surface area contributed by atoms with E-state index in [0.29, 0.717) is 5.11 Å². The molecule has 0 unspecified atom stereocenters. The van der Waals surface area contributed by atoms with Crippen molar-refractivity contribution in [3.63, 3.8) is 0 Å². The molecule has 2 N–H and O–H groups in total. The number of nitrogens with one attached hydrogen (secondary N) is 2. The van der Waals surface area contributed by atoms with Crippen LogP contribution in [0.5, 0.6) is 0 Å². The summed E-state index contributed by atoms with van der Waals surface area (Å²) in [5.74, 6) is 0. The van der Waals surface area contributed by atoms with Crippen LogP contribution in [0.15, 0.2) is 102 Å². The van der Waals surface area contributed by atoms with E-state index in [2.05, 4.69) is 50.2 Å². The van der Waals surface area contributed by atoms with Crippen molar-refractivity contribution in [2.45, 2.75) is 17.0 Å². The van der Waals surface area contributed by atoms with E-state index < -0.39 is 10.0 Å². The zero-order chi connectivity index (χ0) is 25.4. The molecule has 0 amide bonds. The third kappa shape index (κ3) is 4.62. The van der Waals surface area contributed by atoms with E-state index in [4.69, 9.17) is 12.2 Å². The molecular weight excluding hydrogens is 500 g/mol. The normalized spacial score (nSPS) is 19.7. The maximum absolute atomic E-state index is 13.4. The summed E-state index contributed by atoms with van der Waals surface area (Å²) in [5, 5.41) is 6.33. The summed E-state index contributed by atoms with van der Waals surface area (Å²) in [7, 11) is -3.71. The highest BCUT2D eigenvalue weighted by Gasteiger charge is 2.41. The van der Waals surface area contributed by atoms with E-state index in [1.165, 1.54) is 5.56 Å². The van der Waals surface area contributed by atoms with Crippen LogP contribution < -0.4 is 10.0 Å². The molecule has 6 nitrogen and oxygen atoms in total. The van der Waals surface area contributed by atoms with Gasteiger partial charge < -0.3 is 10.2 Å². The van der Waals surface area contributed by atoms with Crippen LogP contribution in [-0.2, 0) is 10.0 Å². The minimum atomic E-state index is -3.71. The third-order valence-electron chi connectivity index (χ3n) is 7.29. The van der Waals surface area contributed by atoms with Gasteiger partial charge in [-0.25, -0.2) is 13.1 Å². The lowest BCUT2D eigenvalue weighted by Gasteiger charge is -2.41. The summed E-state index contributed by atoms with van der Waals surface area (Å²) in [4.78, 5) is 4.86. The van der Waals surface area contributed by atoms with Gasteiger partial charge in [-0.15, -0.1) is 0 Å². The molecule has 1 aliphatic heterocycles. The highest BCUT2D eigenvalue weighted by Crippen LogP contribution is 2.47. The molecule has 0 saturated carbocycles. The van der Waals surface area contributed by atoms with E-state index in [9.17, 15) is 8.42 Å². The monoisotopic (exact) mass is 528 g/mol. The van der Waals surface area contributed by atoms with Gasteiger partial charge in [-0.05, 0) is 58.4 Å². The molecule has 4 aromatic rings. The Morgan fingerprint density at radius 3 is 2.05 bits per heavy atom. The zero-order valence-corrected chi connectivity index (χ0v) is 21.9. The number of piperazine rings is 1. The van der Waals surface area contributed by atoms with Gasteiger partial charge in [0.2, 0.25) is 10.0 Å². The molecule has 188 valence electrons. The van der Waals surface area contributed by atoms with Crippen LogP contribution >= 0.6 is 12.2 Å². The average Bonchev–Trinajstić information content (AvgIpc) is 3.24. The highest BCUT2D eigenvalue weighted by molar-refractivity contribution is 7.89. The molecule has 0 bridgehead atoms. The molecule has 1 aliphatic carbocycles. The molecular formula is C29H28N4O2S2. The van der Waals surface area contributed by atoms with Gasteiger partial charge in [0.25, 0.3) is 0 Å². The Morgan fingerprint density at radius 1 is 0.757 bits per heavy atom. The summed E-state index contributed by atoms with van der Waals surface area (Å²) in [6.07, 6.45) is 0. The Labute approximate surface area is 223 Å². The molecule has 1 fully saturated rings. The predicted molar refractivity (Wildman–Crippen MR) is 152 cm³/mol. The van der Waals surface area contributed by atoms with Crippen LogP contribution in [0.3, 0.4) is 0 Å². The van der Waals surface area contributed by atoms with E-state index >= 15 is 0 Å². The number of rotatable bonds is 5. The smallest absolute Gasteiger partial charge is 0.241 e. The second-order valence-electron chi connectivity index (χ2n) is 9.47. The molecule has 4 aromatic carbocycles. The zero-order valence-electron chi connectivity index (χ0n) is 20.2. The fourth-order valence-electron chi connectivity index (χ4n) is 5.55.